The van der Waals surface area contributed by atoms with E-state index >= 15 is 0 Å². The average molecular weight is 275 g/mol. The Kier molecular flexibility index (Phi) is 9.65. The highest BCUT2D eigenvalue weighted by Crippen LogP contribution is 2.16. The first-order valence-corrected chi connectivity index (χ1v) is 8.25. The average Bonchev–Trinajstić information content (AvgIpc) is 2.99. The lowest BCUT2D eigenvalue weighted by Gasteiger charge is -2.09. The number of nitriles is 1. The van der Waals surface area contributed by atoms with E-state index < -0.39 is 0 Å². The maximum absolute atomic E-state index is 9.14. The second-order valence-electron chi connectivity index (χ2n) is 5.63. The van der Waals surface area contributed by atoms with E-state index in [9.17, 15) is 0 Å². The van der Waals surface area contributed by atoms with Gasteiger partial charge < -0.3 is 4.57 Å². The number of nitrogens with zero attached hydrogens (tertiary/aromatic N) is 3. The molecule has 1 aromatic heterocycles. The summed E-state index contributed by atoms with van der Waals surface area (Å²) in [7, 11) is 0. The van der Waals surface area contributed by atoms with Crippen molar-refractivity contribution in [1.82, 2.24) is 9.55 Å². The number of unbranched alkanes of at least 4 members (excludes halogenated alkanes) is 9. The van der Waals surface area contributed by atoms with Gasteiger partial charge >= 0.3 is 0 Å². The molecule has 0 bridgehead atoms. The van der Waals surface area contributed by atoms with Crippen molar-refractivity contribution in [2.45, 2.75) is 83.6 Å². The molecule has 20 heavy (non-hydrogen) atoms. The molecule has 0 saturated carbocycles. The molecule has 0 radical (unpaired) electrons. The Bertz CT molecular complexity index is 351. The van der Waals surface area contributed by atoms with Crippen molar-refractivity contribution in [2.75, 3.05) is 0 Å². The summed E-state index contributed by atoms with van der Waals surface area (Å²) in [6, 6.07) is 2.32. The third kappa shape index (κ3) is 7.33. The fourth-order valence-corrected chi connectivity index (χ4v) is 2.56. The van der Waals surface area contributed by atoms with Gasteiger partial charge in [-0.15, -0.1) is 0 Å². The third-order valence-corrected chi connectivity index (χ3v) is 3.86. The summed E-state index contributed by atoms with van der Waals surface area (Å²) in [5.41, 5.74) is 0. The van der Waals surface area contributed by atoms with Gasteiger partial charge in [-0.05, 0) is 6.42 Å². The summed E-state index contributed by atoms with van der Waals surface area (Å²) in [5.74, 6) is 0. The summed E-state index contributed by atoms with van der Waals surface area (Å²) < 4.78 is 1.91. The third-order valence-electron chi connectivity index (χ3n) is 3.86. The Labute approximate surface area is 124 Å². The van der Waals surface area contributed by atoms with Crippen LogP contribution < -0.4 is 0 Å². The van der Waals surface area contributed by atoms with Gasteiger partial charge in [0.15, 0.2) is 0 Å². The first-order valence-electron chi connectivity index (χ1n) is 8.25. The Hall–Kier alpha value is -1.30. The predicted octanol–water partition coefficient (Wildman–Crippen LogP) is 5.26. The summed E-state index contributed by atoms with van der Waals surface area (Å²) in [4.78, 5) is 4.00. The molecule has 0 aliphatic carbocycles. The SMILES string of the molecule is CCCCCCCCCCCCC(C#N)n1ccnc1. The molecule has 3 nitrogen and oxygen atoms in total. The number of rotatable bonds is 12. The Balaban J connectivity index is 1.93. The largest absolute Gasteiger partial charge is 0.321 e. The van der Waals surface area contributed by atoms with E-state index in [4.69, 9.17) is 5.26 Å². The standard InChI is InChI=1S/C17H29N3/c1-2-3-4-5-6-7-8-9-10-11-12-17(15-18)20-14-13-19-16-20/h13-14,16-17H,2-12H2,1H3. The molecular weight excluding hydrogens is 246 g/mol. The van der Waals surface area contributed by atoms with Gasteiger partial charge in [0.05, 0.1) is 12.4 Å². The van der Waals surface area contributed by atoms with E-state index in [2.05, 4.69) is 18.0 Å². The number of hydrogen-bond donors (Lipinski definition) is 0. The van der Waals surface area contributed by atoms with Crippen molar-refractivity contribution in [2.24, 2.45) is 0 Å². The molecule has 1 heterocycles. The lowest BCUT2D eigenvalue weighted by molar-refractivity contribution is 0.503. The van der Waals surface area contributed by atoms with Crippen LogP contribution in [0.2, 0.25) is 0 Å². The monoisotopic (exact) mass is 275 g/mol. The van der Waals surface area contributed by atoms with Crippen LogP contribution >= 0.6 is 0 Å². The van der Waals surface area contributed by atoms with Crippen LogP contribution in [0, 0.1) is 11.3 Å². The van der Waals surface area contributed by atoms with Crippen LogP contribution in [0.4, 0.5) is 0 Å². The molecule has 0 saturated heterocycles. The lowest BCUT2D eigenvalue weighted by atomic mass is 10.0. The van der Waals surface area contributed by atoms with E-state index in [1.165, 1.54) is 57.8 Å². The van der Waals surface area contributed by atoms with Crippen molar-refractivity contribution in [3.05, 3.63) is 18.7 Å². The molecule has 112 valence electrons. The highest BCUT2D eigenvalue weighted by molar-refractivity contribution is 4.92. The Morgan fingerprint density at radius 3 is 2.10 bits per heavy atom. The molecule has 0 amide bonds. The molecule has 1 aromatic rings. The summed E-state index contributed by atoms with van der Waals surface area (Å²) in [6.45, 7) is 2.26. The minimum atomic E-state index is -0.0356. The molecule has 0 aliphatic rings. The number of hydrogen-bond acceptors (Lipinski definition) is 2. The van der Waals surface area contributed by atoms with Gasteiger partial charge in [-0.25, -0.2) is 4.98 Å². The van der Waals surface area contributed by atoms with Crippen molar-refractivity contribution in [3.8, 4) is 6.07 Å². The molecule has 0 aromatic carbocycles. The second kappa shape index (κ2) is 11.5. The van der Waals surface area contributed by atoms with E-state index in [1.807, 2.05) is 10.8 Å². The molecule has 0 fully saturated rings. The normalized spacial score (nSPS) is 12.2. The molecule has 0 aliphatic heterocycles. The second-order valence-corrected chi connectivity index (χ2v) is 5.63. The van der Waals surface area contributed by atoms with E-state index in [-0.39, 0.29) is 6.04 Å². The van der Waals surface area contributed by atoms with Crippen LogP contribution in [-0.4, -0.2) is 9.55 Å². The maximum Gasteiger partial charge on any atom is 0.121 e. The minimum absolute atomic E-state index is 0.0356. The van der Waals surface area contributed by atoms with Gasteiger partial charge in [0.2, 0.25) is 0 Å². The molecule has 1 rings (SSSR count). The van der Waals surface area contributed by atoms with Crippen molar-refractivity contribution in [1.29, 1.82) is 5.26 Å². The van der Waals surface area contributed by atoms with Gasteiger partial charge in [0, 0.05) is 12.4 Å². The smallest absolute Gasteiger partial charge is 0.121 e. The van der Waals surface area contributed by atoms with Gasteiger partial charge in [-0.1, -0.05) is 71.1 Å². The van der Waals surface area contributed by atoms with Gasteiger partial charge in [0.25, 0.3) is 0 Å². The summed E-state index contributed by atoms with van der Waals surface area (Å²) in [5, 5.41) is 9.14. The summed E-state index contributed by atoms with van der Waals surface area (Å²) in [6.07, 6.45) is 19.7. The van der Waals surface area contributed by atoms with Crippen LogP contribution in [0.1, 0.15) is 83.6 Å². The summed E-state index contributed by atoms with van der Waals surface area (Å²) >= 11 is 0. The fourth-order valence-electron chi connectivity index (χ4n) is 2.56. The van der Waals surface area contributed by atoms with E-state index in [0.29, 0.717) is 0 Å². The van der Waals surface area contributed by atoms with Gasteiger partial charge in [-0.2, -0.15) is 5.26 Å². The van der Waals surface area contributed by atoms with Crippen molar-refractivity contribution >= 4 is 0 Å². The Morgan fingerprint density at radius 1 is 1.00 bits per heavy atom. The molecular formula is C17H29N3. The molecule has 0 spiro atoms. The zero-order chi connectivity index (χ0) is 14.5. The number of imidazole rings is 1. The number of aromatic nitrogens is 2. The van der Waals surface area contributed by atoms with Gasteiger partial charge in [-0.3, -0.25) is 0 Å². The fraction of sp³-hybridized carbons (Fsp3) is 0.765. The molecule has 0 N–H and O–H groups in total. The van der Waals surface area contributed by atoms with Gasteiger partial charge in [0.1, 0.15) is 6.04 Å². The van der Waals surface area contributed by atoms with Crippen LogP contribution in [-0.2, 0) is 0 Å². The highest BCUT2D eigenvalue weighted by atomic mass is 15.0. The van der Waals surface area contributed by atoms with E-state index in [1.54, 1.807) is 12.5 Å². The quantitative estimate of drug-likeness (QED) is 0.488. The Morgan fingerprint density at radius 2 is 1.60 bits per heavy atom. The zero-order valence-electron chi connectivity index (χ0n) is 12.9. The highest BCUT2D eigenvalue weighted by Gasteiger charge is 2.07. The first-order chi connectivity index (χ1) is 9.88. The van der Waals surface area contributed by atoms with Crippen LogP contribution in [0.25, 0.3) is 0 Å². The first kappa shape index (κ1) is 16.8. The minimum Gasteiger partial charge on any atom is -0.321 e. The van der Waals surface area contributed by atoms with Crippen LogP contribution in [0.15, 0.2) is 18.7 Å². The van der Waals surface area contributed by atoms with Crippen molar-refractivity contribution in [3.63, 3.8) is 0 Å². The van der Waals surface area contributed by atoms with Crippen molar-refractivity contribution < 1.29 is 0 Å². The zero-order valence-corrected chi connectivity index (χ0v) is 12.9. The van der Waals surface area contributed by atoms with Crippen LogP contribution in [0.5, 0.6) is 0 Å². The molecule has 1 unspecified atom stereocenters. The van der Waals surface area contributed by atoms with E-state index in [0.717, 1.165) is 12.8 Å². The lowest BCUT2D eigenvalue weighted by Crippen LogP contribution is -2.04. The van der Waals surface area contributed by atoms with Crippen LogP contribution in [0.3, 0.4) is 0 Å². The predicted molar refractivity (Wildman–Crippen MR) is 83.3 cm³/mol. The maximum atomic E-state index is 9.14. The topological polar surface area (TPSA) is 41.6 Å². The molecule has 3 heteroatoms. The molecule has 1 atom stereocenters.